The molecule has 0 aliphatic carbocycles. The van der Waals surface area contributed by atoms with Gasteiger partial charge in [0.15, 0.2) is 0 Å². The zero-order chi connectivity index (χ0) is 10.8. The van der Waals surface area contributed by atoms with Gasteiger partial charge in [0.25, 0.3) is 0 Å². The fourth-order valence-electron chi connectivity index (χ4n) is 1.68. The highest BCUT2D eigenvalue weighted by Gasteiger charge is 2.16. The summed E-state index contributed by atoms with van der Waals surface area (Å²) in [4.78, 5) is 0. The predicted molar refractivity (Wildman–Crippen MR) is 62.2 cm³/mol. The van der Waals surface area contributed by atoms with E-state index in [4.69, 9.17) is 5.73 Å². The Hall–Kier alpha value is -0.820. The monoisotopic (exact) mass is 191 g/mol. The molecule has 0 heterocycles. The normalized spacial score (nSPS) is 14.1. The van der Waals surface area contributed by atoms with Crippen molar-refractivity contribution in [2.24, 2.45) is 11.1 Å². The lowest BCUT2D eigenvalue weighted by atomic mass is 9.85. The lowest BCUT2D eigenvalue weighted by Crippen LogP contribution is -2.18. The Morgan fingerprint density at radius 3 is 2.43 bits per heavy atom. The highest BCUT2D eigenvalue weighted by atomic mass is 14.6. The van der Waals surface area contributed by atoms with Crippen molar-refractivity contribution in [1.82, 2.24) is 0 Å². The van der Waals surface area contributed by atoms with Crippen LogP contribution in [0.25, 0.3) is 0 Å². The lowest BCUT2D eigenvalue weighted by molar-refractivity contribution is 0.343. The molecule has 1 aromatic carbocycles. The number of hydrogen-bond donors (Lipinski definition) is 1. The molecule has 0 unspecified atom stereocenters. The van der Waals surface area contributed by atoms with Gasteiger partial charge in [-0.1, -0.05) is 50.6 Å². The van der Waals surface area contributed by atoms with Crippen LogP contribution in [0.4, 0.5) is 0 Å². The molecule has 0 spiro atoms. The molecule has 1 rings (SSSR count). The molecule has 1 aromatic rings. The van der Waals surface area contributed by atoms with Gasteiger partial charge in [-0.05, 0) is 24.3 Å². The minimum absolute atomic E-state index is 0.162. The van der Waals surface area contributed by atoms with E-state index in [0.717, 1.165) is 6.42 Å². The quantitative estimate of drug-likeness (QED) is 0.761. The molecule has 0 aliphatic rings. The SMILES string of the molecule is Cc1cccc([C@H](N)CC(C)(C)C)c1. The summed E-state index contributed by atoms with van der Waals surface area (Å²) in [6, 6.07) is 8.63. The molecule has 0 radical (unpaired) electrons. The van der Waals surface area contributed by atoms with Gasteiger partial charge in [0.1, 0.15) is 0 Å². The van der Waals surface area contributed by atoms with Gasteiger partial charge in [0.2, 0.25) is 0 Å². The molecule has 0 fully saturated rings. The van der Waals surface area contributed by atoms with Crippen LogP contribution in [0.15, 0.2) is 24.3 Å². The summed E-state index contributed by atoms with van der Waals surface area (Å²) >= 11 is 0. The molecule has 0 saturated carbocycles. The molecule has 0 aromatic heterocycles. The predicted octanol–water partition coefficient (Wildman–Crippen LogP) is 3.43. The Bertz CT molecular complexity index is 296. The maximum Gasteiger partial charge on any atom is 0.0299 e. The molecule has 2 N–H and O–H groups in total. The third-order valence-electron chi connectivity index (χ3n) is 2.30. The van der Waals surface area contributed by atoms with Crippen LogP contribution in [0.3, 0.4) is 0 Å². The smallest absolute Gasteiger partial charge is 0.0299 e. The van der Waals surface area contributed by atoms with E-state index in [2.05, 4.69) is 52.0 Å². The van der Waals surface area contributed by atoms with Crippen LogP contribution in [0.5, 0.6) is 0 Å². The summed E-state index contributed by atoms with van der Waals surface area (Å²) in [6.45, 7) is 8.78. The second-order valence-electron chi connectivity index (χ2n) is 5.29. The first kappa shape index (κ1) is 11.3. The molecule has 1 nitrogen and oxygen atoms in total. The minimum Gasteiger partial charge on any atom is -0.324 e. The highest BCUT2D eigenvalue weighted by Crippen LogP contribution is 2.27. The van der Waals surface area contributed by atoms with E-state index in [-0.39, 0.29) is 6.04 Å². The molecule has 1 atom stereocenters. The number of nitrogens with two attached hydrogens (primary N) is 1. The largest absolute Gasteiger partial charge is 0.324 e. The van der Waals surface area contributed by atoms with Gasteiger partial charge in [-0.3, -0.25) is 0 Å². The van der Waals surface area contributed by atoms with Crippen LogP contribution in [-0.4, -0.2) is 0 Å². The highest BCUT2D eigenvalue weighted by molar-refractivity contribution is 5.24. The van der Waals surface area contributed by atoms with E-state index in [1.54, 1.807) is 0 Å². The minimum atomic E-state index is 0.162. The Morgan fingerprint density at radius 1 is 1.29 bits per heavy atom. The summed E-state index contributed by atoms with van der Waals surface area (Å²) in [7, 11) is 0. The van der Waals surface area contributed by atoms with Gasteiger partial charge >= 0.3 is 0 Å². The molecule has 0 bridgehead atoms. The van der Waals surface area contributed by atoms with Gasteiger partial charge in [-0.25, -0.2) is 0 Å². The maximum atomic E-state index is 6.15. The summed E-state index contributed by atoms with van der Waals surface area (Å²) in [6.07, 6.45) is 1.02. The molecule has 1 heteroatoms. The van der Waals surface area contributed by atoms with Crippen molar-refractivity contribution in [2.75, 3.05) is 0 Å². The van der Waals surface area contributed by atoms with E-state index < -0.39 is 0 Å². The average molecular weight is 191 g/mol. The van der Waals surface area contributed by atoms with Crippen molar-refractivity contribution < 1.29 is 0 Å². The molecular weight excluding hydrogens is 170 g/mol. The van der Waals surface area contributed by atoms with Crippen LogP contribution >= 0.6 is 0 Å². The van der Waals surface area contributed by atoms with Gasteiger partial charge < -0.3 is 5.73 Å². The number of rotatable bonds is 2. The van der Waals surface area contributed by atoms with E-state index in [0.29, 0.717) is 5.41 Å². The zero-order valence-electron chi connectivity index (χ0n) is 9.67. The molecular formula is C13H21N. The van der Waals surface area contributed by atoms with Crippen molar-refractivity contribution in [3.63, 3.8) is 0 Å². The first-order valence-corrected chi connectivity index (χ1v) is 5.21. The Kier molecular flexibility index (Phi) is 3.33. The van der Waals surface area contributed by atoms with Crippen LogP contribution in [0.1, 0.15) is 44.4 Å². The average Bonchev–Trinajstić information content (AvgIpc) is 2.01. The van der Waals surface area contributed by atoms with Crippen molar-refractivity contribution in [1.29, 1.82) is 0 Å². The molecule has 0 aliphatic heterocycles. The van der Waals surface area contributed by atoms with Crippen LogP contribution in [0, 0.1) is 12.3 Å². The number of benzene rings is 1. The zero-order valence-corrected chi connectivity index (χ0v) is 9.67. The van der Waals surface area contributed by atoms with Gasteiger partial charge in [0, 0.05) is 6.04 Å². The maximum absolute atomic E-state index is 6.15. The Balaban J connectivity index is 2.74. The van der Waals surface area contributed by atoms with Crippen LogP contribution < -0.4 is 5.73 Å². The second kappa shape index (κ2) is 4.14. The second-order valence-corrected chi connectivity index (χ2v) is 5.29. The Morgan fingerprint density at radius 2 is 1.93 bits per heavy atom. The van der Waals surface area contributed by atoms with E-state index in [1.165, 1.54) is 11.1 Å². The van der Waals surface area contributed by atoms with E-state index >= 15 is 0 Å². The molecule has 14 heavy (non-hydrogen) atoms. The van der Waals surface area contributed by atoms with Crippen molar-refractivity contribution >= 4 is 0 Å². The fourth-order valence-corrected chi connectivity index (χ4v) is 1.68. The molecule has 78 valence electrons. The topological polar surface area (TPSA) is 26.0 Å². The fraction of sp³-hybridized carbons (Fsp3) is 0.538. The van der Waals surface area contributed by atoms with E-state index in [9.17, 15) is 0 Å². The summed E-state index contributed by atoms with van der Waals surface area (Å²) in [5, 5.41) is 0. The summed E-state index contributed by atoms with van der Waals surface area (Å²) in [5.74, 6) is 0. The van der Waals surface area contributed by atoms with Crippen LogP contribution in [0.2, 0.25) is 0 Å². The lowest BCUT2D eigenvalue weighted by Gasteiger charge is -2.23. The van der Waals surface area contributed by atoms with Gasteiger partial charge in [0.05, 0.1) is 0 Å². The van der Waals surface area contributed by atoms with Crippen molar-refractivity contribution in [3.05, 3.63) is 35.4 Å². The first-order valence-electron chi connectivity index (χ1n) is 5.21. The van der Waals surface area contributed by atoms with Crippen molar-refractivity contribution in [2.45, 2.75) is 40.2 Å². The third kappa shape index (κ3) is 3.51. The van der Waals surface area contributed by atoms with Gasteiger partial charge in [-0.15, -0.1) is 0 Å². The van der Waals surface area contributed by atoms with E-state index in [1.807, 2.05) is 0 Å². The first-order chi connectivity index (χ1) is 6.38. The standard InChI is InChI=1S/C13H21N/c1-10-6-5-7-11(8-10)12(14)9-13(2,3)4/h5-8,12H,9,14H2,1-4H3/t12-/m1/s1. The Labute approximate surface area is 87.3 Å². The van der Waals surface area contributed by atoms with Crippen LogP contribution in [-0.2, 0) is 0 Å². The summed E-state index contributed by atoms with van der Waals surface area (Å²) in [5.41, 5.74) is 8.98. The molecule has 0 amide bonds. The number of aryl methyl sites for hydroxylation is 1. The van der Waals surface area contributed by atoms with Gasteiger partial charge in [-0.2, -0.15) is 0 Å². The summed E-state index contributed by atoms with van der Waals surface area (Å²) < 4.78 is 0. The number of hydrogen-bond acceptors (Lipinski definition) is 1. The van der Waals surface area contributed by atoms with Crippen molar-refractivity contribution in [3.8, 4) is 0 Å². The molecule has 0 saturated heterocycles. The third-order valence-corrected chi connectivity index (χ3v) is 2.30.